The summed E-state index contributed by atoms with van der Waals surface area (Å²) in [7, 11) is 1.62. The fourth-order valence-electron chi connectivity index (χ4n) is 3.23. The topological polar surface area (TPSA) is 84.2 Å². The third-order valence-electron chi connectivity index (χ3n) is 4.72. The number of para-hydroxylation sites is 1. The quantitative estimate of drug-likeness (QED) is 0.765. The van der Waals surface area contributed by atoms with Crippen molar-refractivity contribution in [2.24, 2.45) is 0 Å². The van der Waals surface area contributed by atoms with E-state index >= 15 is 0 Å². The van der Waals surface area contributed by atoms with Gasteiger partial charge in [-0.15, -0.1) is 0 Å². The first-order valence-electron chi connectivity index (χ1n) is 9.03. The lowest BCUT2D eigenvalue weighted by Gasteiger charge is -2.24. The van der Waals surface area contributed by atoms with E-state index in [0.29, 0.717) is 30.9 Å². The molecule has 0 radical (unpaired) electrons. The SMILES string of the molecule is COc1ccccc1-c1cc(C(=O)N2CCc3oc(C(C)C)nc3C2)[nH]n1. The van der Waals surface area contributed by atoms with Crippen molar-refractivity contribution in [3.8, 4) is 17.0 Å². The predicted molar refractivity (Wildman–Crippen MR) is 99.6 cm³/mol. The zero-order valence-electron chi connectivity index (χ0n) is 15.7. The van der Waals surface area contributed by atoms with Gasteiger partial charge in [0.25, 0.3) is 5.91 Å². The van der Waals surface area contributed by atoms with Crippen molar-refractivity contribution in [1.82, 2.24) is 20.1 Å². The van der Waals surface area contributed by atoms with Gasteiger partial charge < -0.3 is 14.1 Å². The van der Waals surface area contributed by atoms with Crippen LogP contribution in [0.1, 0.15) is 47.6 Å². The molecule has 0 unspecified atom stereocenters. The van der Waals surface area contributed by atoms with Crippen molar-refractivity contribution >= 4 is 5.91 Å². The summed E-state index contributed by atoms with van der Waals surface area (Å²) in [4.78, 5) is 19.2. The number of carbonyl (C=O) groups excluding carboxylic acids is 1. The number of aromatic nitrogens is 3. The molecule has 0 fully saturated rings. The number of ether oxygens (including phenoxy) is 1. The van der Waals surface area contributed by atoms with E-state index < -0.39 is 0 Å². The van der Waals surface area contributed by atoms with Crippen LogP contribution in [0.15, 0.2) is 34.7 Å². The zero-order chi connectivity index (χ0) is 19.0. The van der Waals surface area contributed by atoms with Gasteiger partial charge >= 0.3 is 0 Å². The van der Waals surface area contributed by atoms with Crippen LogP contribution in [0.3, 0.4) is 0 Å². The number of oxazole rings is 1. The number of amides is 1. The molecule has 1 aliphatic rings. The number of nitrogens with one attached hydrogen (secondary N) is 1. The van der Waals surface area contributed by atoms with Gasteiger partial charge in [0.2, 0.25) is 0 Å². The molecule has 3 aromatic rings. The van der Waals surface area contributed by atoms with E-state index in [1.54, 1.807) is 18.1 Å². The molecule has 0 saturated heterocycles. The third kappa shape index (κ3) is 3.20. The summed E-state index contributed by atoms with van der Waals surface area (Å²) in [6, 6.07) is 9.36. The van der Waals surface area contributed by atoms with Crippen LogP contribution in [0.25, 0.3) is 11.3 Å². The van der Waals surface area contributed by atoms with Gasteiger partial charge in [0.1, 0.15) is 22.9 Å². The lowest BCUT2D eigenvalue weighted by Crippen LogP contribution is -2.36. The number of nitrogens with zero attached hydrogens (tertiary/aromatic N) is 3. The average molecular weight is 366 g/mol. The number of hydrogen-bond donors (Lipinski definition) is 1. The molecule has 27 heavy (non-hydrogen) atoms. The van der Waals surface area contributed by atoms with Crippen molar-refractivity contribution < 1.29 is 13.9 Å². The van der Waals surface area contributed by atoms with Crippen LogP contribution in [0, 0.1) is 0 Å². The van der Waals surface area contributed by atoms with Crippen LogP contribution in [0.5, 0.6) is 5.75 Å². The summed E-state index contributed by atoms with van der Waals surface area (Å²) in [5, 5.41) is 7.16. The highest BCUT2D eigenvalue weighted by Gasteiger charge is 2.27. The summed E-state index contributed by atoms with van der Waals surface area (Å²) in [6.45, 7) is 5.14. The molecule has 7 nitrogen and oxygen atoms in total. The van der Waals surface area contributed by atoms with Gasteiger partial charge in [-0.2, -0.15) is 5.10 Å². The molecule has 1 amide bonds. The van der Waals surface area contributed by atoms with Crippen LogP contribution >= 0.6 is 0 Å². The van der Waals surface area contributed by atoms with E-state index in [9.17, 15) is 4.79 Å². The fourth-order valence-corrected chi connectivity index (χ4v) is 3.23. The number of carbonyl (C=O) groups is 1. The van der Waals surface area contributed by atoms with Gasteiger partial charge in [0.15, 0.2) is 5.89 Å². The molecule has 2 aromatic heterocycles. The van der Waals surface area contributed by atoms with E-state index in [2.05, 4.69) is 15.2 Å². The second-order valence-corrected chi connectivity index (χ2v) is 6.92. The molecular weight excluding hydrogens is 344 g/mol. The molecule has 140 valence electrons. The normalized spacial score (nSPS) is 13.7. The molecule has 0 aliphatic carbocycles. The number of rotatable bonds is 4. The van der Waals surface area contributed by atoms with Gasteiger partial charge in [-0.25, -0.2) is 4.98 Å². The number of benzene rings is 1. The monoisotopic (exact) mass is 366 g/mol. The van der Waals surface area contributed by atoms with Gasteiger partial charge in [0, 0.05) is 24.4 Å². The van der Waals surface area contributed by atoms with E-state index in [-0.39, 0.29) is 11.8 Å². The first kappa shape index (κ1) is 17.3. The highest BCUT2D eigenvalue weighted by Crippen LogP contribution is 2.29. The molecule has 0 atom stereocenters. The Hall–Kier alpha value is -3.09. The largest absolute Gasteiger partial charge is 0.496 e. The van der Waals surface area contributed by atoms with Crippen LogP contribution in [-0.4, -0.2) is 39.6 Å². The molecule has 3 heterocycles. The molecule has 7 heteroatoms. The first-order valence-corrected chi connectivity index (χ1v) is 9.03. The van der Waals surface area contributed by atoms with Crippen molar-refractivity contribution in [1.29, 1.82) is 0 Å². The van der Waals surface area contributed by atoms with Gasteiger partial charge in [-0.1, -0.05) is 26.0 Å². The van der Waals surface area contributed by atoms with E-state index in [4.69, 9.17) is 9.15 Å². The standard InChI is InChI=1S/C20H22N4O3/c1-12(2)19-21-16-11-24(9-8-18(16)27-19)20(25)15-10-14(22-23-15)13-6-4-5-7-17(13)26-3/h4-7,10,12H,8-9,11H2,1-3H3,(H,22,23). The van der Waals surface area contributed by atoms with E-state index in [1.807, 2.05) is 38.1 Å². The van der Waals surface area contributed by atoms with Gasteiger partial charge in [-0.05, 0) is 18.2 Å². The van der Waals surface area contributed by atoms with Crippen molar-refractivity contribution in [3.63, 3.8) is 0 Å². The molecule has 4 rings (SSSR count). The highest BCUT2D eigenvalue weighted by atomic mass is 16.5. The summed E-state index contributed by atoms with van der Waals surface area (Å²) >= 11 is 0. The number of fused-ring (bicyclic) bond motifs is 1. The Bertz CT molecular complexity index is 973. The minimum atomic E-state index is -0.0941. The van der Waals surface area contributed by atoms with Crippen molar-refractivity contribution in [2.75, 3.05) is 13.7 Å². The molecule has 1 N–H and O–H groups in total. The lowest BCUT2D eigenvalue weighted by molar-refractivity contribution is 0.0722. The Morgan fingerprint density at radius 3 is 2.93 bits per heavy atom. The van der Waals surface area contributed by atoms with Gasteiger partial charge in [0.05, 0.1) is 19.3 Å². The molecule has 1 aliphatic heterocycles. The molecular formula is C20H22N4O3. The highest BCUT2D eigenvalue weighted by molar-refractivity contribution is 5.93. The average Bonchev–Trinajstić information content (AvgIpc) is 3.34. The maximum absolute atomic E-state index is 12.9. The summed E-state index contributed by atoms with van der Waals surface area (Å²) in [5.41, 5.74) is 2.82. The maximum atomic E-state index is 12.9. The second kappa shape index (κ2) is 6.90. The third-order valence-corrected chi connectivity index (χ3v) is 4.72. The number of H-pyrrole nitrogens is 1. The zero-order valence-corrected chi connectivity index (χ0v) is 15.7. The Morgan fingerprint density at radius 1 is 1.33 bits per heavy atom. The molecule has 1 aromatic carbocycles. The lowest BCUT2D eigenvalue weighted by atomic mass is 10.1. The number of hydrogen-bond acceptors (Lipinski definition) is 5. The molecule has 0 saturated carbocycles. The number of methoxy groups -OCH3 is 1. The van der Waals surface area contributed by atoms with Crippen molar-refractivity contribution in [2.45, 2.75) is 32.7 Å². The smallest absolute Gasteiger partial charge is 0.272 e. The Labute approximate surface area is 157 Å². The van der Waals surface area contributed by atoms with Crippen molar-refractivity contribution in [3.05, 3.63) is 53.4 Å². The summed E-state index contributed by atoms with van der Waals surface area (Å²) in [6.07, 6.45) is 0.675. The minimum absolute atomic E-state index is 0.0941. The predicted octanol–water partition coefficient (Wildman–Crippen LogP) is 3.40. The van der Waals surface area contributed by atoms with Crippen LogP contribution in [0.2, 0.25) is 0 Å². The Balaban J connectivity index is 1.55. The summed E-state index contributed by atoms with van der Waals surface area (Å²) in [5.74, 6) is 2.48. The second-order valence-electron chi connectivity index (χ2n) is 6.92. The minimum Gasteiger partial charge on any atom is -0.496 e. The van der Waals surface area contributed by atoms with Crippen LogP contribution in [0.4, 0.5) is 0 Å². The Kier molecular flexibility index (Phi) is 4.43. The summed E-state index contributed by atoms with van der Waals surface area (Å²) < 4.78 is 11.2. The fraction of sp³-hybridized carbons (Fsp3) is 0.350. The molecule has 0 spiro atoms. The number of aromatic amines is 1. The van der Waals surface area contributed by atoms with E-state index in [0.717, 1.165) is 28.7 Å². The molecule has 0 bridgehead atoms. The van der Waals surface area contributed by atoms with Gasteiger partial charge in [-0.3, -0.25) is 9.89 Å². The van der Waals surface area contributed by atoms with Crippen LogP contribution in [-0.2, 0) is 13.0 Å². The first-order chi connectivity index (χ1) is 13.1. The van der Waals surface area contributed by atoms with Crippen LogP contribution < -0.4 is 4.74 Å². The maximum Gasteiger partial charge on any atom is 0.272 e. The van der Waals surface area contributed by atoms with E-state index in [1.165, 1.54) is 0 Å². The Morgan fingerprint density at radius 2 is 2.15 bits per heavy atom.